The number of hydrogen-bond donors (Lipinski definition) is 0. The first-order chi connectivity index (χ1) is 17.0. The second kappa shape index (κ2) is 9.63. The van der Waals surface area contributed by atoms with Crippen molar-refractivity contribution >= 4 is 0 Å². The van der Waals surface area contributed by atoms with E-state index in [2.05, 4.69) is 48.5 Å². The van der Waals surface area contributed by atoms with Crippen molar-refractivity contribution in [2.45, 2.75) is 12.6 Å². The lowest BCUT2D eigenvalue weighted by Gasteiger charge is -2.20. The van der Waals surface area contributed by atoms with Crippen LogP contribution in [0.25, 0.3) is 33.4 Å². The molecule has 0 saturated carbocycles. The van der Waals surface area contributed by atoms with Gasteiger partial charge in [-0.05, 0) is 63.1 Å². The molecule has 0 amide bonds. The smallest absolute Gasteiger partial charge is 0.166 e. The van der Waals surface area contributed by atoms with E-state index in [9.17, 15) is 13.2 Å². The minimum Gasteiger partial charge on any atom is -0.166 e. The highest BCUT2D eigenvalue weighted by Gasteiger charge is 2.30. The number of benzene rings is 5. The summed E-state index contributed by atoms with van der Waals surface area (Å²) in [6.45, 7) is 0. The van der Waals surface area contributed by atoms with Gasteiger partial charge in [-0.1, -0.05) is 115 Å². The Balaban J connectivity index is 1.72. The zero-order valence-corrected chi connectivity index (χ0v) is 19.0. The van der Waals surface area contributed by atoms with Crippen LogP contribution in [0, 0.1) is 0 Å². The fraction of sp³-hybridized carbons (Fsp3) is 0.0625. The molecule has 0 aliphatic carbocycles. The second-order valence-corrected chi connectivity index (χ2v) is 8.49. The molecule has 0 fully saturated rings. The molecule has 0 bridgehead atoms. The molecule has 0 radical (unpaired) electrons. The minimum absolute atomic E-state index is 0.525. The minimum atomic E-state index is -4.34. The van der Waals surface area contributed by atoms with Crippen LogP contribution in [0.15, 0.2) is 127 Å². The molecular weight excluding hydrogens is 441 g/mol. The first-order valence-corrected chi connectivity index (χ1v) is 11.5. The van der Waals surface area contributed by atoms with Crippen LogP contribution < -0.4 is 0 Å². The second-order valence-electron chi connectivity index (χ2n) is 8.49. The summed E-state index contributed by atoms with van der Waals surface area (Å²) < 4.78 is 39.2. The Morgan fingerprint density at radius 1 is 0.457 bits per heavy atom. The van der Waals surface area contributed by atoms with Crippen LogP contribution in [-0.4, -0.2) is 0 Å². The van der Waals surface area contributed by atoms with Crippen LogP contribution in [0.1, 0.15) is 16.7 Å². The molecule has 0 nitrogen and oxygen atoms in total. The fourth-order valence-electron chi connectivity index (χ4n) is 4.52. The number of halogens is 3. The first kappa shape index (κ1) is 22.7. The molecule has 0 aliphatic rings. The van der Waals surface area contributed by atoms with Gasteiger partial charge in [-0.3, -0.25) is 0 Å². The van der Waals surface area contributed by atoms with Crippen molar-refractivity contribution in [2.75, 3.05) is 0 Å². The molecule has 0 spiro atoms. The normalized spacial score (nSPS) is 11.4. The summed E-state index contributed by atoms with van der Waals surface area (Å²) in [5.74, 6) is 0. The van der Waals surface area contributed by atoms with Gasteiger partial charge in [0, 0.05) is 0 Å². The molecule has 172 valence electrons. The van der Waals surface area contributed by atoms with Crippen molar-refractivity contribution in [3.05, 3.63) is 144 Å². The summed E-state index contributed by atoms with van der Waals surface area (Å²) in [5, 5.41) is 0. The summed E-state index contributed by atoms with van der Waals surface area (Å²) in [5.41, 5.74) is 7.89. The standard InChI is InChI=1S/C32H23F3/c33-32(34,35)28-19-16-23(17-20-28)22-27-18-21-29(24-10-4-1-5-11-24)31(26-14-8-3-9-15-26)30(27)25-12-6-2-7-13-25/h1-21H,22H2. The van der Waals surface area contributed by atoms with Gasteiger partial charge in [-0.15, -0.1) is 0 Å². The van der Waals surface area contributed by atoms with Gasteiger partial charge in [0.15, 0.2) is 0 Å². The molecule has 35 heavy (non-hydrogen) atoms. The van der Waals surface area contributed by atoms with Crippen molar-refractivity contribution in [2.24, 2.45) is 0 Å². The highest BCUT2D eigenvalue weighted by atomic mass is 19.4. The van der Waals surface area contributed by atoms with Gasteiger partial charge in [0.25, 0.3) is 0 Å². The molecule has 0 aliphatic heterocycles. The maximum atomic E-state index is 13.1. The van der Waals surface area contributed by atoms with Crippen LogP contribution in [0.2, 0.25) is 0 Å². The zero-order chi connectivity index (χ0) is 24.3. The van der Waals surface area contributed by atoms with Gasteiger partial charge >= 0.3 is 6.18 Å². The van der Waals surface area contributed by atoms with E-state index in [1.54, 1.807) is 12.1 Å². The van der Waals surface area contributed by atoms with Gasteiger partial charge in [0.1, 0.15) is 0 Å². The summed E-state index contributed by atoms with van der Waals surface area (Å²) in [6.07, 6.45) is -3.82. The quantitative estimate of drug-likeness (QED) is 0.243. The molecule has 0 N–H and O–H groups in total. The predicted octanol–water partition coefficient (Wildman–Crippen LogP) is 9.30. The van der Waals surface area contributed by atoms with E-state index in [0.29, 0.717) is 6.42 Å². The lowest BCUT2D eigenvalue weighted by molar-refractivity contribution is -0.137. The first-order valence-electron chi connectivity index (χ1n) is 11.5. The Kier molecular flexibility index (Phi) is 6.24. The van der Waals surface area contributed by atoms with Gasteiger partial charge in [-0.2, -0.15) is 13.2 Å². The third-order valence-electron chi connectivity index (χ3n) is 6.18. The molecular formula is C32H23F3. The largest absolute Gasteiger partial charge is 0.416 e. The van der Waals surface area contributed by atoms with Crippen molar-refractivity contribution in [3.63, 3.8) is 0 Å². The van der Waals surface area contributed by atoms with E-state index in [0.717, 1.165) is 56.6 Å². The van der Waals surface area contributed by atoms with E-state index in [-0.39, 0.29) is 0 Å². The van der Waals surface area contributed by atoms with Crippen LogP contribution in [-0.2, 0) is 12.6 Å². The maximum absolute atomic E-state index is 13.1. The van der Waals surface area contributed by atoms with E-state index >= 15 is 0 Å². The van der Waals surface area contributed by atoms with Crippen LogP contribution >= 0.6 is 0 Å². The third kappa shape index (κ3) is 4.90. The fourth-order valence-corrected chi connectivity index (χ4v) is 4.52. The average molecular weight is 465 g/mol. The Morgan fingerprint density at radius 3 is 1.46 bits per heavy atom. The van der Waals surface area contributed by atoms with Gasteiger partial charge in [-0.25, -0.2) is 0 Å². The summed E-state index contributed by atoms with van der Waals surface area (Å²) in [4.78, 5) is 0. The van der Waals surface area contributed by atoms with E-state index in [1.807, 2.05) is 54.6 Å². The third-order valence-corrected chi connectivity index (χ3v) is 6.18. The lowest BCUT2D eigenvalue weighted by atomic mass is 9.83. The summed E-state index contributed by atoms with van der Waals surface area (Å²) in [6, 6.07) is 40.4. The SMILES string of the molecule is FC(F)(F)c1ccc(Cc2ccc(-c3ccccc3)c(-c3ccccc3)c2-c2ccccc2)cc1. The lowest BCUT2D eigenvalue weighted by Crippen LogP contribution is -2.04. The van der Waals surface area contributed by atoms with Crippen LogP contribution in [0.4, 0.5) is 13.2 Å². The summed E-state index contributed by atoms with van der Waals surface area (Å²) in [7, 11) is 0. The Hall–Kier alpha value is -4.11. The van der Waals surface area contributed by atoms with Crippen molar-refractivity contribution in [3.8, 4) is 33.4 Å². The highest BCUT2D eigenvalue weighted by Crippen LogP contribution is 2.43. The highest BCUT2D eigenvalue weighted by molar-refractivity contribution is 5.96. The monoisotopic (exact) mass is 464 g/mol. The Bertz CT molecular complexity index is 1400. The Morgan fingerprint density at radius 2 is 0.943 bits per heavy atom. The summed E-state index contributed by atoms with van der Waals surface area (Å²) >= 11 is 0. The predicted molar refractivity (Wildman–Crippen MR) is 137 cm³/mol. The topological polar surface area (TPSA) is 0 Å². The molecule has 0 saturated heterocycles. The van der Waals surface area contributed by atoms with Crippen molar-refractivity contribution < 1.29 is 13.2 Å². The number of hydrogen-bond acceptors (Lipinski definition) is 0. The van der Waals surface area contributed by atoms with Crippen molar-refractivity contribution in [1.29, 1.82) is 0 Å². The molecule has 5 aromatic carbocycles. The Labute approximate surface area is 203 Å². The molecule has 0 atom stereocenters. The molecule has 0 heterocycles. The molecule has 0 aromatic heterocycles. The van der Waals surface area contributed by atoms with Crippen LogP contribution in [0.5, 0.6) is 0 Å². The molecule has 3 heteroatoms. The number of alkyl halides is 3. The van der Waals surface area contributed by atoms with Gasteiger partial charge in [0.2, 0.25) is 0 Å². The van der Waals surface area contributed by atoms with E-state index in [1.165, 1.54) is 0 Å². The van der Waals surface area contributed by atoms with Crippen molar-refractivity contribution in [1.82, 2.24) is 0 Å². The van der Waals surface area contributed by atoms with Gasteiger partial charge in [0.05, 0.1) is 5.56 Å². The molecule has 5 aromatic rings. The van der Waals surface area contributed by atoms with E-state index < -0.39 is 11.7 Å². The van der Waals surface area contributed by atoms with Gasteiger partial charge < -0.3 is 0 Å². The molecule has 5 rings (SSSR count). The maximum Gasteiger partial charge on any atom is 0.416 e. The van der Waals surface area contributed by atoms with E-state index in [4.69, 9.17) is 0 Å². The average Bonchev–Trinajstić information content (AvgIpc) is 2.90. The number of rotatable bonds is 5. The molecule has 0 unspecified atom stereocenters. The van der Waals surface area contributed by atoms with Crippen LogP contribution in [0.3, 0.4) is 0 Å². The zero-order valence-electron chi connectivity index (χ0n) is 19.0.